The third kappa shape index (κ3) is 2.37. The van der Waals surface area contributed by atoms with Gasteiger partial charge in [-0.1, -0.05) is 5.16 Å². The van der Waals surface area contributed by atoms with E-state index in [4.69, 9.17) is 4.52 Å². The van der Waals surface area contributed by atoms with Crippen LogP contribution >= 0.6 is 0 Å². The van der Waals surface area contributed by atoms with Crippen molar-refractivity contribution in [2.24, 2.45) is 0 Å². The van der Waals surface area contributed by atoms with Crippen LogP contribution in [0.1, 0.15) is 34.9 Å². The van der Waals surface area contributed by atoms with E-state index in [1.807, 2.05) is 0 Å². The zero-order valence-corrected chi connectivity index (χ0v) is 10.4. The van der Waals surface area contributed by atoms with Crippen LogP contribution < -0.4 is 5.32 Å². The Morgan fingerprint density at radius 3 is 2.65 bits per heavy atom. The van der Waals surface area contributed by atoms with E-state index in [1.165, 1.54) is 30.5 Å². The Bertz CT molecular complexity index is 659. The second kappa shape index (κ2) is 4.76. The van der Waals surface area contributed by atoms with Crippen molar-refractivity contribution in [1.82, 2.24) is 5.16 Å². The van der Waals surface area contributed by atoms with Gasteiger partial charge in [0, 0.05) is 23.7 Å². The van der Waals surface area contributed by atoms with Crippen molar-refractivity contribution >= 4 is 17.3 Å². The maximum absolute atomic E-state index is 12.1. The number of nitrogens with zero attached hydrogens (tertiary/aromatic N) is 2. The molecule has 1 aromatic heterocycles. The summed E-state index contributed by atoms with van der Waals surface area (Å²) in [7, 11) is 0. The topological polar surface area (TPSA) is 98.3 Å². The van der Waals surface area contributed by atoms with Crippen molar-refractivity contribution in [2.45, 2.75) is 18.8 Å². The van der Waals surface area contributed by atoms with Crippen molar-refractivity contribution in [3.8, 4) is 0 Å². The van der Waals surface area contributed by atoms with Crippen LogP contribution in [-0.2, 0) is 0 Å². The summed E-state index contributed by atoms with van der Waals surface area (Å²) in [6.07, 6.45) is 3.41. The van der Waals surface area contributed by atoms with Gasteiger partial charge in [-0.25, -0.2) is 0 Å². The van der Waals surface area contributed by atoms with Crippen molar-refractivity contribution < 1.29 is 14.2 Å². The summed E-state index contributed by atoms with van der Waals surface area (Å²) in [5.41, 5.74) is 0.890. The summed E-state index contributed by atoms with van der Waals surface area (Å²) < 4.78 is 5.10. The maximum Gasteiger partial charge on any atom is 0.269 e. The SMILES string of the molecule is O=C(Nc1ccc([N+](=O)[O-])cc1)c1cnoc1C1CC1. The molecule has 0 unspecified atom stereocenters. The van der Waals surface area contributed by atoms with E-state index < -0.39 is 4.92 Å². The molecule has 1 heterocycles. The van der Waals surface area contributed by atoms with Gasteiger partial charge in [-0.2, -0.15) is 0 Å². The first-order chi connectivity index (χ1) is 9.65. The molecule has 0 bridgehead atoms. The lowest BCUT2D eigenvalue weighted by atomic mass is 10.2. The highest BCUT2D eigenvalue weighted by molar-refractivity contribution is 6.04. The molecule has 1 aliphatic rings. The van der Waals surface area contributed by atoms with Gasteiger partial charge in [-0.15, -0.1) is 0 Å². The Labute approximate surface area is 113 Å². The Balaban J connectivity index is 1.75. The van der Waals surface area contributed by atoms with Crippen molar-refractivity contribution in [2.75, 3.05) is 5.32 Å². The highest BCUT2D eigenvalue weighted by atomic mass is 16.6. The lowest BCUT2D eigenvalue weighted by molar-refractivity contribution is -0.384. The van der Waals surface area contributed by atoms with E-state index >= 15 is 0 Å². The number of nitro groups is 1. The van der Waals surface area contributed by atoms with Crippen LogP contribution in [0.4, 0.5) is 11.4 Å². The van der Waals surface area contributed by atoms with Gasteiger partial charge in [0.2, 0.25) is 0 Å². The summed E-state index contributed by atoms with van der Waals surface area (Å²) in [4.78, 5) is 22.2. The smallest absolute Gasteiger partial charge is 0.269 e. The maximum atomic E-state index is 12.1. The van der Waals surface area contributed by atoms with Crippen LogP contribution in [-0.4, -0.2) is 16.0 Å². The number of hydrogen-bond acceptors (Lipinski definition) is 5. The predicted molar refractivity (Wildman–Crippen MR) is 69.5 cm³/mol. The van der Waals surface area contributed by atoms with E-state index in [1.54, 1.807) is 0 Å². The molecule has 1 aromatic carbocycles. The van der Waals surface area contributed by atoms with Gasteiger partial charge in [0.15, 0.2) is 5.76 Å². The predicted octanol–water partition coefficient (Wildman–Crippen LogP) is 2.71. The lowest BCUT2D eigenvalue weighted by Gasteiger charge is -2.04. The molecule has 0 spiro atoms. The summed E-state index contributed by atoms with van der Waals surface area (Å²) in [6, 6.07) is 5.65. The van der Waals surface area contributed by atoms with Crippen LogP contribution in [0, 0.1) is 10.1 Å². The summed E-state index contributed by atoms with van der Waals surface area (Å²) in [5.74, 6) is 0.585. The van der Waals surface area contributed by atoms with Crippen LogP contribution in [0.15, 0.2) is 35.0 Å². The van der Waals surface area contributed by atoms with Gasteiger partial charge in [0.1, 0.15) is 5.56 Å². The molecule has 1 fully saturated rings. The first-order valence-corrected chi connectivity index (χ1v) is 6.15. The quantitative estimate of drug-likeness (QED) is 0.682. The Hall–Kier alpha value is -2.70. The molecule has 2 aromatic rings. The number of anilines is 1. The second-order valence-electron chi connectivity index (χ2n) is 4.64. The average Bonchev–Trinajstić information content (AvgIpc) is 3.16. The fourth-order valence-corrected chi connectivity index (χ4v) is 1.92. The van der Waals surface area contributed by atoms with Gasteiger partial charge in [0.05, 0.1) is 11.1 Å². The number of hydrogen-bond donors (Lipinski definition) is 1. The van der Waals surface area contributed by atoms with E-state index in [0.29, 0.717) is 17.0 Å². The fourth-order valence-electron chi connectivity index (χ4n) is 1.92. The normalized spacial score (nSPS) is 14.0. The van der Waals surface area contributed by atoms with Crippen molar-refractivity contribution in [3.63, 3.8) is 0 Å². The molecule has 7 heteroatoms. The van der Waals surface area contributed by atoms with E-state index in [9.17, 15) is 14.9 Å². The van der Waals surface area contributed by atoms with Gasteiger partial charge in [0.25, 0.3) is 11.6 Å². The summed E-state index contributed by atoms with van der Waals surface area (Å²) in [6.45, 7) is 0. The molecule has 7 nitrogen and oxygen atoms in total. The largest absolute Gasteiger partial charge is 0.360 e. The van der Waals surface area contributed by atoms with Gasteiger partial charge >= 0.3 is 0 Å². The third-order valence-electron chi connectivity index (χ3n) is 3.13. The zero-order chi connectivity index (χ0) is 14.1. The zero-order valence-electron chi connectivity index (χ0n) is 10.4. The molecule has 3 rings (SSSR count). The van der Waals surface area contributed by atoms with Crippen molar-refractivity contribution in [3.05, 3.63) is 51.9 Å². The molecule has 0 radical (unpaired) electrons. The molecule has 20 heavy (non-hydrogen) atoms. The Morgan fingerprint density at radius 2 is 2.05 bits per heavy atom. The number of carbonyl (C=O) groups is 1. The number of aromatic nitrogens is 1. The summed E-state index contributed by atoms with van der Waals surface area (Å²) >= 11 is 0. The Kier molecular flexibility index (Phi) is 2.94. The monoisotopic (exact) mass is 273 g/mol. The lowest BCUT2D eigenvalue weighted by Crippen LogP contribution is -2.12. The van der Waals surface area contributed by atoms with Gasteiger partial charge in [-0.05, 0) is 25.0 Å². The molecule has 1 saturated carbocycles. The minimum absolute atomic E-state index is 0.0216. The number of nitro benzene ring substituents is 1. The van der Waals surface area contributed by atoms with Crippen LogP contribution in [0.25, 0.3) is 0 Å². The minimum Gasteiger partial charge on any atom is -0.360 e. The van der Waals surface area contributed by atoms with E-state index in [2.05, 4.69) is 10.5 Å². The molecule has 1 N–H and O–H groups in total. The van der Waals surface area contributed by atoms with Crippen LogP contribution in [0.2, 0.25) is 0 Å². The number of nitrogens with one attached hydrogen (secondary N) is 1. The second-order valence-corrected chi connectivity index (χ2v) is 4.64. The van der Waals surface area contributed by atoms with Gasteiger partial charge in [-0.3, -0.25) is 14.9 Å². The number of benzene rings is 1. The molecule has 1 aliphatic carbocycles. The molecule has 0 atom stereocenters. The highest BCUT2D eigenvalue weighted by Crippen LogP contribution is 2.41. The van der Waals surface area contributed by atoms with Crippen molar-refractivity contribution in [1.29, 1.82) is 0 Å². The van der Waals surface area contributed by atoms with Crippen LogP contribution in [0.5, 0.6) is 0 Å². The number of carbonyl (C=O) groups excluding carboxylic acids is 1. The first kappa shape index (κ1) is 12.3. The Morgan fingerprint density at radius 1 is 1.35 bits per heavy atom. The van der Waals surface area contributed by atoms with Crippen LogP contribution in [0.3, 0.4) is 0 Å². The molecule has 0 aliphatic heterocycles. The molecule has 1 amide bonds. The average molecular weight is 273 g/mol. The van der Waals surface area contributed by atoms with E-state index in [-0.39, 0.29) is 17.5 Å². The highest BCUT2D eigenvalue weighted by Gasteiger charge is 2.32. The molecular weight excluding hydrogens is 262 g/mol. The van der Waals surface area contributed by atoms with E-state index in [0.717, 1.165) is 12.8 Å². The minimum atomic E-state index is -0.489. The molecular formula is C13H11N3O4. The first-order valence-electron chi connectivity index (χ1n) is 6.15. The fraction of sp³-hybridized carbons (Fsp3) is 0.231. The molecule has 0 saturated heterocycles. The number of non-ortho nitro benzene ring substituents is 1. The molecule has 102 valence electrons. The standard InChI is InChI=1S/C13H11N3O4/c17-13(11-7-14-20-12(11)8-1-2-8)15-9-3-5-10(6-4-9)16(18)19/h3-8H,1-2H2,(H,15,17). The number of rotatable bonds is 4. The number of amides is 1. The third-order valence-corrected chi connectivity index (χ3v) is 3.13. The summed E-state index contributed by atoms with van der Waals surface area (Å²) in [5, 5.41) is 16.9. The van der Waals surface area contributed by atoms with Gasteiger partial charge < -0.3 is 9.84 Å².